The number of piperidine rings is 2. The van der Waals surface area contributed by atoms with Gasteiger partial charge in [-0.1, -0.05) is 25.3 Å². The summed E-state index contributed by atoms with van der Waals surface area (Å²) < 4.78 is 13.3. The fraction of sp³-hybridized carbons (Fsp3) is 0.645. The second-order valence-corrected chi connectivity index (χ2v) is 12.0. The first-order valence-corrected chi connectivity index (χ1v) is 15.5. The van der Waals surface area contributed by atoms with E-state index < -0.39 is 0 Å². The van der Waals surface area contributed by atoms with Gasteiger partial charge in [0.1, 0.15) is 0 Å². The zero-order valence-electron chi connectivity index (χ0n) is 24.3. The molecule has 1 amide bonds. The highest BCUT2D eigenvalue weighted by atomic mass is 16.5. The molecule has 1 aromatic heterocycles. The smallest absolute Gasteiger partial charge is 0.350 e. The van der Waals surface area contributed by atoms with Gasteiger partial charge in [-0.05, 0) is 88.3 Å². The van der Waals surface area contributed by atoms with Gasteiger partial charge < -0.3 is 25.0 Å². The Hall–Kier alpha value is -2.95. The summed E-state index contributed by atoms with van der Waals surface area (Å²) in [7, 11) is 1.70. The average molecular weight is 565 g/mol. The number of carbonyl (C=O) groups excluding carboxylic acids is 1. The highest BCUT2D eigenvalue weighted by molar-refractivity contribution is 5.78. The lowest BCUT2D eigenvalue weighted by Crippen LogP contribution is -2.51. The third-order valence-corrected chi connectivity index (χ3v) is 9.39. The van der Waals surface area contributed by atoms with Gasteiger partial charge in [0.15, 0.2) is 17.3 Å². The van der Waals surface area contributed by atoms with Crippen molar-refractivity contribution in [3.8, 4) is 11.5 Å². The van der Waals surface area contributed by atoms with Crippen molar-refractivity contribution in [3.63, 3.8) is 0 Å². The van der Waals surface area contributed by atoms with Crippen molar-refractivity contribution >= 4 is 17.4 Å². The van der Waals surface area contributed by atoms with Gasteiger partial charge in [0.05, 0.1) is 25.0 Å². The molecule has 0 spiro atoms. The number of nitrogens with zero attached hydrogens (tertiary/aromatic N) is 4. The van der Waals surface area contributed by atoms with E-state index in [4.69, 9.17) is 9.47 Å². The van der Waals surface area contributed by atoms with Crippen molar-refractivity contribution in [1.29, 1.82) is 0 Å². The standard InChI is InChI=1S/C31H44N6O4/c1-40-18-17-36(25-9-13-32-14-10-25)29(38)21-35-15-11-22(12-16-35)23-7-8-27-26(19-23)33-30-28(41-27)20-37(31(39)34-30)24-5-3-2-4-6-24/h7-8,19-20,22,24-25,32H,2-6,9-18,21H2,1H3,(H,33,34,39). The minimum absolute atomic E-state index is 0.209. The largest absolute Gasteiger partial charge is 0.450 e. The lowest BCUT2D eigenvalue weighted by molar-refractivity contribution is -0.136. The molecule has 2 N–H and O–H groups in total. The number of likely N-dealkylation sites (tertiary alicyclic amines) is 1. The van der Waals surface area contributed by atoms with Gasteiger partial charge in [-0.2, -0.15) is 4.98 Å². The number of amides is 1. The summed E-state index contributed by atoms with van der Waals surface area (Å²) in [6.07, 6.45) is 11.4. The van der Waals surface area contributed by atoms with Crippen LogP contribution in [0.5, 0.6) is 11.5 Å². The fourth-order valence-electron chi connectivity index (χ4n) is 7.00. The summed E-state index contributed by atoms with van der Waals surface area (Å²) >= 11 is 0. The Morgan fingerprint density at radius 3 is 2.61 bits per heavy atom. The van der Waals surface area contributed by atoms with Crippen molar-refractivity contribution in [3.05, 3.63) is 40.4 Å². The van der Waals surface area contributed by atoms with Gasteiger partial charge in [0.25, 0.3) is 0 Å². The van der Waals surface area contributed by atoms with E-state index in [1.54, 1.807) is 11.7 Å². The minimum Gasteiger partial charge on any atom is -0.450 e. The van der Waals surface area contributed by atoms with Crippen LogP contribution >= 0.6 is 0 Å². The number of ether oxygens (including phenoxy) is 2. The maximum absolute atomic E-state index is 13.3. The SMILES string of the molecule is COCCN(C(=O)CN1CCC(c2ccc3c(c2)Nc2nc(=O)n(C4CCCCC4)cc2O3)CC1)C1CCNCC1. The molecular weight excluding hydrogens is 520 g/mol. The number of carbonyl (C=O) groups is 1. The summed E-state index contributed by atoms with van der Waals surface area (Å²) in [5, 5.41) is 6.76. The molecule has 1 aromatic carbocycles. The molecule has 4 aliphatic rings. The van der Waals surface area contributed by atoms with Gasteiger partial charge >= 0.3 is 5.69 Å². The van der Waals surface area contributed by atoms with Crippen LogP contribution in [0, 0.1) is 0 Å². The molecule has 10 nitrogen and oxygen atoms in total. The molecule has 2 saturated heterocycles. The Labute approximate surface area is 242 Å². The molecule has 0 radical (unpaired) electrons. The van der Waals surface area contributed by atoms with Gasteiger partial charge in [0.2, 0.25) is 5.91 Å². The lowest BCUT2D eigenvalue weighted by atomic mass is 9.89. The van der Waals surface area contributed by atoms with E-state index in [0.717, 1.165) is 89.0 Å². The first-order valence-electron chi connectivity index (χ1n) is 15.5. The van der Waals surface area contributed by atoms with E-state index in [2.05, 4.69) is 37.6 Å². The number of fused-ring (bicyclic) bond motifs is 2. The quantitative estimate of drug-likeness (QED) is 0.424. The first kappa shape index (κ1) is 28.2. The van der Waals surface area contributed by atoms with Crippen molar-refractivity contribution in [1.82, 2.24) is 24.7 Å². The predicted molar refractivity (Wildman–Crippen MR) is 158 cm³/mol. The molecule has 222 valence electrons. The Kier molecular flexibility index (Phi) is 8.88. The van der Waals surface area contributed by atoms with E-state index in [1.165, 1.54) is 12.0 Å². The Morgan fingerprint density at radius 2 is 1.85 bits per heavy atom. The highest BCUT2D eigenvalue weighted by Crippen LogP contribution is 2.43. The van der Waals surface area contributed by atoms with E-state index in [-0.39, 0.29) is 17.6 Å². The van der Waals surface area contributed by atoms with E-state index in [0.29, 0.717) is 43.2 Å². The zero-order valence-corrected chi connectivity index (χ0v) is 24.3. The fourth-order valence-corrected chi connectivity index (χ4v) is 7.00. The van der Waals surface area contributed by atoms with Crippen molar-refractivity contribution in [2.45, 2.75) is 75.8 Å². The summed E-state index contributed by atoms with van der Waals surface area (Å²) in [6, 6.07) is 6.84. The molecule has 3 aliphatic heterocycles. The second-order valence-electron chi connectivity index (χ2n) is 12.0. The zero-order chi connectivity index (χ0) is 28.2. The molecule has 1 aliphatic carbocycles. The number of rotatable bonds is 8. The van der Waals surface area contributed by atoms with Crippen molar-refractivity contribution in [2.24, 2.45) is 0 Å². The van der Waals surface area contributed by atoms with Gasteiger partial charge in [-0.15, -0.1) is 0 Å². The number of hydrogen-bond acceptors (Lipinski definition) is 8. The van der Waals surface area contributed by atoms with Gasteiger partial charge in [0, 0.05) is 25.7 Å². The Balaban J connectivity index is 1.06. The topological polar surface area (TPSA) is 101 Å². The monoisotopic (exact) mass is 564 g/mol. The third-order valence-electron chi connectivity index (χ3n) is 9.39. The van der Waals surface area contributed by atoms with Crippen LogP contribution in [-0.4, -0.2) is 84.3 Å². The molecule has 4 heterocycles. The van der Waals surface area contributed by atoms with Gasteiger partial charge in [-0.25, -0.2) is 4.79 Å². The number of hydrogen-bond donors (Lipinski definition) is 2. The summed E-state index contributed by atoms with van der Waals surface area (Å²) in [5.74, 6) is 2.49. The van der Waals surface area contributed by atoms with Crippen LogP contribution in [-0.2, 0) is 9.53 Å². The minimum atomic E-state index is -0.214. The summed E-state index contributed by atoms with van der Waals surface area (Å²) in [5.41, 5.74) is 1.89. The highest BCUT2D eigenvalue weighted by Gasteiger charge is 2.29. The molecule has 2 aromatic rings. The second kappa shape index (κ2) is 12.9. The summed E-state index contributed by atoms with van der Waals surface area (Å²) in [4.78, 5) is 34.9. The van der Waals surface area contributed by atoms with E-state index in [1.807, 2.05) is 12.3 Å². The number of methoxy groups -OCH3 is 1. The third kappa shape index (κ3) is 6.44. The molecule has 10 heteroatoms. The van der Waals surface area contributed by atoms with Crippen molar-refractivity contribution in [2.75, 3.05) is 58.3 Å². The molecule has 41 heavy (non-hydrogen) atoms. The molecule has 0 unspecified atom stereocenters. The van der Waals surface area contributed by atoms with Crippen molar-refractivity contribution < 1.29 is 14.3 Å². The van der Waals surface area contributed by atoms with Crippen LogP contribution in [0.15, 0.2) is 29.2 Å². The average Bonchev–Trinajstić information content (AvgIpc) is 3.01. The molecule has 0 bridgehead atoms. The molecule has 0 atom stereocenters. The van der Waals surface area contributed by atoms with Crippen LogP contribution in [0.4, 0.5) is 11.5 Å². The molecule has 3 fully saturated rings. The normalized spacial score (nSPS) is 20.5. The lowest BCUT2D eigenvalue weighted by Gasteiger charge is -2.37. The first-order chi connectivity index (χ1) is 20.1. The van der Waals surface area contributed by atoms with Crippen LogP contribution in [0.1, 0.15) is 75.3 Å². The van der Waals surface area contributed by atoms with Crippen LogP contribution in [0.2, 0.25) is 0 Å². The number of benzene rings is 1. The molecule has 1 saturated carbocycles. The number of nitrogens with one attached hydrogen (secondary N) is 2. The maximum Gasteiger partial charge on any atom is 0.350 e. The number of aromatic nitrogens is 2. The Bertz CT molecular complexity index is 1260. The molecular formula is C31H44N6O4. The van der Waals surface area contributed by atoms with Gasteiger partial charge in [-0.3, -0.25) is 14.3 Å². The number of anilines is 2. The maximum atomic E-state index is 13.3. The van der Waals surface area contributed by atoms with E-state index >= 15 is 0 Å². The van der Waals surface area contributed by atoms with Crippen LogP contribution in [0.25, 0.3) is 0 Å². The van der Waals surface area contributed by atoms with Crippen LogP contribution < -0.4 is 21.1 Å². The van der Waals surface area contributed by atoms with E-state index in [9.17, 15) is 9.59 Å². The molecule has 6 rings (SSSR count). The van der Waals surface area contributed by atoms with Crippen LogP contribution in [0.3, 0.4) is 0 Å². The predicted octanol–water partition coefficient (Wildman–Crippen LogP) is 4.00. The summed E-state index contributed by atoms with van der Waals surface area (Å²) in [6.45, 7) is 5.43. The Morgan fingerprint density at radius 1 is 1.07 bits per heavy atom.